The van der Waals surface area contributed by atoms with Crippen molar-refractivity contribution in [3.63, 3.8) is 0 Å². The first kappa shape index (κ1) is 26.9. The molecule has 0 atom stereocenters. The van der Waals surface area contributed by atoms with Crippen molar-refractivity contribution in [2.24, 2.45) is 0 Å². The van der Waals surface area contributed by atoms with Crippen molar-refractivity contribution in [3.05, 3.63) is 132 Å². The fourth-order valence-electron chi connectivity index (χ4n) is 4.12. The van der Waals surface area contributed by atoms with Crippen LogP contribution in [0.25, 0.3) is 21.8 Å². The van der Waals surface area contributed by atoms with Crippen LogP contribution in [0.4, 0.5) is 0 Å². The number of ether oxygens (including phenoxy) is 2. The van der Waals surface area contributed by atoms with Gasteiger partial charge in [-0.2, -0.15) is 21.0 Å². The topological polar surface area (TPSA) is 139 Å². The quantitative estimate of drug-likeness (QED) is 0.222. The molecule has 0 aliphatic carbocycles. The Labute approximate surface area is 241 Å². The zero-order valence-corrected chi connectivity index (χ0v) is 21.9. The Bertz CT molecular complexity index is 1950. The van der Waals surface area contributed by atoms with E-state index in [4.69, 9.17) is 30.5 Å². The number of fused-ring (bicyclic) bond motifs is 2. The molecule has 4 aromatic carbocycles. The van der Waals surface area contributed by atoms with Gasteiger partial charge >= 0.3 is 0 Å². The molecule has 8 nitrogen and oxygen atoms in total. The minimum atomic E-state index is 0.295. The van der Waals surface area contributed by atoms with Gasteiger partial charge in [-0.15, -0.1) is 0 Å². The SMILES string of the molecule is N#Cc1ccc(Oc2cccc3cccnc23)cc1C#N.N#Cc1ccc(Oc2cccc3cccnc23)cc1C#N. The van der Waals surface area contributed by atoms with Crippen LogP contribution in [0.5, 0.6) is 23.0 Å². The summed E-state index contributed by atoms with van der Waals surface area (Å²) in [6, 6.07) is 36.5. The molecule has 8 heteroatoms. The zero-order valence-electron chi connectivity index (χ0n) is 21.9. The smallest absolute Gasteiger partial charge is 0.153 e. The molecule has 0 saturated carbocycles. The van der Waals surface area contributed by atoms with Gasteiger partial charge in [-0.1, -0.05) is 36.4 Å². The lowest BCUT2D eigenvalue weighted by molar-refractivity contribution is 0.486. The average molecular weight is 543 g/mol. The Morgan fingerprint density at radius 2 is 0.857 bits per heavy atom. The number of hydrogen-bond donors (Lipinski definition) is 0. The van der Waals surface area contributed by atoms with Gasteiger partial charge in [-0.3, -0.25) is 9.97 Å². The first-order chi connectivity index (χ1) is 20.6. The highest BCUT2D eigenvalue weighted by atomic mass is 16.5. The second kappa shape index (κ2) is 12.4. The fraction of sp³-hybridized carbons (Fsp3) is 0. The third-order valence-electron chi connectivity index (χ3n) is 6.11. The number of nitriles is 4. The molecule has 6 rings (SSSR count). The van der Waals surface area contributed by atoms with Crippen molar-refractivity contribution in [2.75, 3.05) is 0 Å². The molecule has 0 aliphatic rings. The molecule has 0 aliphatic heterocycles. The number of pyridine rings is 2. The van der Waals surface area contributed by atoms with E-state index in [0.29, 0.717) is 45.3 Å². The Hall–Kier alpha value is -6.74. The average Bonchev–Trinajstić information content (AvgIpc) is 3.05. The summed E-state index contributed by atoms with van der Waals surface area (Å²) in [4.78, 5) is 8.62. The van der Waals surface area contributed by atoms with Crippen LogP contribution in [0.1, 0.15) is 22.3 Å². The van der Waals surface area contributed by atoms with Gasteiger partial charge in [-0.05, 0) is 60.7 Å². The third-order valence-corrected chi connectivity index (χ3v) is 6.11. The first-order valence-corrected chi connectivity index (χ1v) is 12.5. The summed E-state index contributed by atoms with van der Waals surface area (Å²) in [5, 5.41) is 37.9. The number of para-hydroxylation sites is 2. The van der Waals surface area contributed by atoms with E-state index in [9.17, 15) is 0 Å². The molecular weight excluding hydrogens is 524 g/mol. The normalized spacial score (nSPS) is 9.81. The van der Waals surface area contributed by atoms with E-state index in [1.165, 1.54) is 0 Å². The summed E-state index contributed by atoms with van der Waals surface area (Å²) >= 11 is 0. The molecule has 196 valence electrons. The van der Waals surface area contributed by atoms with Gasteiger partial charge in [0, 0.05) is 23.2 Å². The molecule has 0 saturated heterocycles. The lowest BCUT2D eigenvalue weighted by Gasteiger charge is -2.08. The fourth-order valence-corrected chi connectivity index (χ4v) is 4.12. The highest BCUT2D eigenvalue weighted by molar-refractivity contribution is 5.85. The second-order valence-electron chi connectivity index (χ2n) is 8.73. The van der Waals surface area contributed by atoms with Crippen LogP contribution in [-0.4, -0.2) is 9.97 Å². The predicted molar refractivity (Wildman–Crippen MR) is 155 cm³/mol. The molecule has 0 radical (unpaired) electrons. The molecule has 2 heterocycles. The Kier molecular flexibility index (Phi) is 7.93. The van der Waals surface area contributed by atoms with Crippen molar-refractivity contribution < 1.29 is 9.47 Å². The Balaban J connectivity index is 0.000000168. The minimum absolute atomic E-state index is 0.295. The molecule has 0 amide bonds. The van der Waals surface area contributed by atoms with Crippen LogP contribution in [0.3, 0.4) is 0 Å². The predicted octanol–water partition coefficient (Wildman–Crippen LogP) is 7.54. The molecule has 0 bridgehead atoms. The molecule has 0 N–H and O–H groups in total. The number of nitrogens with zero attached hydrogens (tertiary/aromatic N) is 6. The highest BCUT2D eigenvalue weighted by Crippen LogP contribution is 2.30. The van der Waals surface area contributed by atoms with E-state index in [0.717, 1.165) is 21.8 Å². The molecule has 42 heavy (non-hydrogen) atoms. The van der Waals surface area contributed by atoms with Crippen LogP contribution in [0, 0.1) is 45.3 Å². The Morgan fingerprint density at radius 1 is 0.452 bits per heavy atom. The van der Waals surface area contributed by atoms with Crippen molar-refractivity contribution in [2.45, 2.75) is 0 Å². The molecular formula is C34H18N6O2. The van der Waals surface area contributed by atoms with Gasteiger partial charge < -0.3 is 9.47 Å². The van der Waals surface area contributed by atoms with E-state index in [1.54, 1.807) is 48.8 Å². The maximum absolute atomic E-state index is 9.04. The maximum atomic E-state index is 9.04. The van der Waals surface area contributed by atoms with Gasteiger partial charge in [0.25, 0.3) is 0 Å². The van der Waals surface area contributed by atoms with E-state index in [1.807, 2.05) is 84.9 Å². The van der Waals surface area contributed by atoms with Crippen molar-refractivity contribution in [1.29, 1.82) is 21.0 Å². The molecule has 0 unspecified atom stereocenters. The molecule has 2 aromatic heterocycles. The van der Waals surface area contributed by atoms with E-state index in [-0.39, 0.29) is 0 Å². The molecule has 0 fully saturated rings. The number of aromatic nitrogens is 2. The second-order valence-corrected chi connectivity index (χ2v) is 8.73. The van der Waals surface area contributed by atoms with Gasteiger partial charge in [0.05, 0.1) is 22.3 Å². The monoisotopic (exact) mass is 542 g/mol. The summed E-state index contributed by atoms with van der Waals surface area (Å²) in [5.41, 5.74) is 2.76. The van der Waals surface area contributed by atoms with Crippen molar-refractivity contribution in [1.82, 2.24) is 9.97 Å². The molecule has 6 aromatic rings. The van der Waals surface area contributed by atoms with E-state index >= 15 is 0 Å². The maximum Gasteiger partial charge on any atom is 0.153 e. The summed E-state index contributed by atoms with van der Waals surface area (Å²) in [7, 11) is 0. The van der Waals surface area contributed by atoms with Gasteiger partial charge in [-0.25, -0.2) is 0 Å². The van der Waals surface area contributed by atoms with Gasteiger partial charge in [0.2, 0.25) is 0 Å². The number of hydrogen-bond acceptors (Lipinski definition) is 8. The van der Waals surface area contributed by atoms with Crippen LogP contribution in [0.15, 0.2) is 109 Å². The molecule has 0 spiro atoms. The van der Waals surface area contributed by atoms with Gasteiger partial charge in [0.1, 0.15) is 46.8 Å². The summed E-state index contributed by atoms with van der Waals surface area (Å²) < 4.78 is 11.6. The van der Waals surface area contributed by atoms with Crippen molar-refractivity contribution >= 4 is 21.8 Å². The summed E-state index contributed by atoms with van der Waals surface area (Å²) in [6.07, 6.45) is 3.41. The zero-order chi connectivity index (χ0) is 29.3. The van der Waals surface area contributed by atoms with Crippen LogP contribution in [0.2, 0.25) is 0 Å². The number of rotatable bonds is 4. The largest absolute Gasteiger partial charge is 0.455 e. The third kappa shape index (κ3) is 5.80. The summed E-state index contributed by atoms with van der Waals surface area (Å²) in [6.45, 7) is 0. The highest BCUT2D eigenvalue weighted by Gasteiger charge is 2.09. The Morgan fingerprint density at radius 3 is 1.26 bits per heavy atom. The van der Waals surface area contributed by atoms with E-state index in [2.05, 4.69) is 9.97 Å². The van der Waals surface area contributed by atoms with Crippen LogP contribution >= 0.6 is 0 Å². The number of benzene rings is 4. The first-order valence-electron chi connectivity index (χ1n) is 12.5. The van der Waals surface area contributed by atoms with Crippen LogP contribution < -0.4 is 9.47 Å². The van der Waals surface area contributed by atoms with Gasteiger partial charge in [0.15, 0.2) is 11.5 Å². The van der Waals surface area contributed by atoms with E-state index < -0.39 is 0 Å². The van der Waals surface area contributed by atoms with Crippen LogP contribution in [-0.2, 0) is 0 Å². The lowest BCUT2D eigenvalue weighted by atomic mass is 10.1. The minimum Gasteiger partial charge on any atom is -0.455 e. The summed E-state index contributed by atoms with van der Waals surface area (Å²) in [5.74, 6) is 2.23. The lowest BCUT2D eigenvalue weighted by Crippen LogP contribution is -1.90. The standard InChI is InChI=1S/2C17H9N3O/c2*18-10-13-6-7-15(9-14(13)11-19)21-16-5-1-3-12-4-2-8-20-17(12)16/h2*1-9H. The van der Waals surface area contributed by atoms with Crippen molar-refractivity contribution in [3.8, 4) is 47.3 Å².